The number of furan rings is 1. The van der Waals surface area contributed by atoms with Crippen LogP contribution in [0.3, 0.4) is 0 Å². The predicted octanol–water partition coefficient (Wildman–Crippen LogP) is 1.53. The number of nitrogens with one attached hydrogen (secondary N) is 2. The zero-order valence-electron chi connectivity index (χ0n) is 12.4. The molecule has 0 radical (unpaired) electrons. The van der Waals surface area contributed by atoms with Gasteiger partial charge < -0.3 is 15.1 Å². The number of rotatable bonds is 7. The molecule has 1 fully saturated rings. The highest BCUT2D eigenvalue weighted by Gasteiger charge is 2.19. The fourth-order valence-corrected chi connectivity index (χ4v) is 2.66. The first-order valence-electron chi connectivity index (χ1n) is 7.36. The Hall–Kier alpha value is -1.33. The van der Waals surface area contributed by atoms with Crippen molar-refractivity contribution in [1.29, 1.82) is 0 Å². The van der Waals surface area contributed by atoms with Crippen LogP contribution in [0.5, 0.6) is 0 Å². The van der Waals surface area contributed by atoms with Crippen molar-refractivity contribution < 1.29 is 9.21 Å². The van der Waals surface area contributed by atoms with E-state index in [0.29, 0.717) is 19.1 Å². The molecule has 20 heavy (non-hydrogen) atoms. The summed E-state index contributed by atoms with van der Waals surface area (Å²) < 4.78 is 5.42. The molecule has 1 aromatic rings. The van der Waals surface area contributed by atoms with Gasteiger partial charge in [-0.25, -0.2) is 0 Å². The summed E-state index contributed by atoms with van der Waals surface area (Å²) in [6.07, 6.45) is 6.61. The summed E-state index contributed by atoms with van der Waals surface area (Å²) in [6, 6.07) is 4.40. The summed E-state index contributed by atoms with van der Waals surface area (Å²) >= 11 is 0. The zero-order valence-corrected chi connectivity index (χ0v) is 12.4. The minimum Gasteiger partial charge on any atom is -0.468 e. The number of carbonyl (C=O) groups excluding carboxylic acids is 1. The van der Waals surface area contributed by atoms with Crippen LogP contribution in [0.2, 0.25) is 0 Å². The van der Waals surface area contributed by atoms with Crippen LogP contribution in [0, 0.1) is 0 Å². The second-order valence-electron chi connectivity index (χ2n) is 5.66. The van der Waals surface area contributed by atoms with E-state index in [-0.39, 0.29) is 11.9 Å². The molecule has 1 saturated carbocycles. The van der Waals surface area contributed by atoms with Gasteiger partial charge >= 0.3 is 0 Å². The molecular weight excluding hydrogens is 254 g/mol. The molecule has 112 valence electrons. The van der Waals surface area contributed by atoms with Gasteiger partial charge in [0.05, 0.1) is 18.8 Å². The molecule has 5 heteroatoms. The maximum Gasteiger partial charge on any atom is 0.234 e. The van der Waals surface area contributed by atoms with Crippen LogP contribution in [0.15, 0.2) is 22.8 Å². The number of hydrogen-bond acceptors (Lipinski definition) is 4. The second-order valence-corrected chi connectivity index (χ2v) is 5.66. The van der Waals surface area contributed by atoms with Crippen LogP contribution in [0.25, 0.3) is 0 Å². The van der Waals surface area contributed by atoms with Gasteiger partial charge in [0.15, 0.2) is 0 Å². The third kappa shape index (κ3) is 4.35. The topological polar surface area (TPSA) is 57.5 Å². The van der Waals surface area contributed by atoms with Crippen LogP contribution in [0.4, 0.5) is 0 Å². The maximum absolute atomic E-state index is 11.9. The van der Waals surface area contributed by atoms with E-state index in [9.17, 15) is 4.79 Å². The Labute approximate surface area is 120 Å². The number of hydrogen-bond donors (Lipinski definition) is 2. The number of carbonyl (C=O) groups is 1. The molecule has 1 aliphatic carbocycles. The molecule has 1 unspecified atom stereocenters. The fraction of sp³-hybridized carbons (Fsp3) is 0.667. The molecule has 1 heterocycles. The molecule has 1 amide bonds. The first kappa shape index (κ1) is 15.1. The average Bonchev–Trinajstić information content (AvgIpc) is 3.09. The first-order valence-corrected chi connectivity index (χ1v) is 7.36. The Morgan fingerprint density at radius 2 is 2.20 bits per heavy atom. The van der Waals surface area contributed by atoms with Gasteiger partial charge in [-0.05, 0) is 39.1 Å². The van der Waals surface area contributed by atoms with Crippen LogP contribution in [-0.2, 0) is 4.79 Å². The summed E-state index contributed by atoms with van der Waals surface area (Å²) in [5.74, 6) is 0.925. The van der Waals surface area contributed by atoms with Crippen LogP contribution in [0.1, 0.15) is 37.5 Å². The Balaban J connectivity index is 1.73. The van der Waals surface area contributed by atoms with Gasteiger partial charge in [-0.15, -0.1) is 0 Å². The molecule has 0 aromatic carbocycles. The van der Waals surface area contributed by atoms with E-state index in [1.807, 2.05) is 31.1 Å². The zero-order chi connectivity index (χ0) is 14.4. The summed E-state index contributed by atoms with van der Waals surface area (Å²) in [6.45, 7) is 0.967. The minimum absolute atomic E-state index is 0.0512. The number of likely N-dealkylation sites (N-methyl/N-ethyl adjacent to an activating group) is 1. The van der Waals surface area contributed by atoms with Crippen LogP contribution in [-0.4, -0.2) is 44.0 Å². The minimum atomic E-state index is 0.0512. The monoisotopic (exact) mass is 279 g/mol. The second kappa shape index (κ2) is 7.45. The van der Waals surface area contributed by atoms with Crippen LogP contribution < -0.4 is 10.6 Å². The van der Waals surface area contributed by atoms with Gasteiger partial charge in [0.2, 0.25) is 5.91 Å². The molecule has 0 aliphatic heterocycles. The lowest BCUT2D eigenvalue weighted by molar-refractivity contribution is -0.120. The van der Waals surface area contributed by atoms with E-state index >= 15 is 0 Å². The van der Waals surface area contributed by atoms with Gasteiger partial charge in [-0.3, -0.25) is 9.69 Å². The molecule has 1 aliphatic rings. The van der Waals surface area contributed by atoms with Gasteiger partial charge in [-0.2, -0.15) is 0 Å². The van der Waals surface area contributed by atoms with Gasteiger partial charge in [0.1, 0.15) is 5.76 Å². The van der Waals surface area contributed by atoms with E-state index in [1.165, 1.54) is 25.7 Å². The van der Waals surface area contributed by atoms with Crippen molar-refractivity contribution >= 4 is 5.91 Å². The van der Waals surface area contributed by atoms with Crippen molar-refractivity contribution in [3.8, 4) is 0 Å². The lowest BCUT2D eigenvalue weighted by atomic mass is 10.2. The van der Waals surface area contributed by atoms with E-state index < -0.39 is 0 Å². The highest BCUT2D eigenvalue weighted by atomic mass is 16.3. The standard InChI is InChI=1S/C15H25N3O2/c1-18(2)13(14-8-5-9-20-14)10-17-15(19)11-16-12-6-3-4-7-12/h5,8-9,12-13,16H,3-4,6-7,10-11H2,1-2H3,(H,17,19). The Bertz CT molecular complexity index is 397. The largest absolute Gasteiger partial charge is 0.468 e. The summed E-state index contributed by atoms with van der Waals surface area (Å²) in [4.78, 5) is 13.9. The quantitative estimate of drug-likeness (QED) is 0.795. The number of amides is 1. The molecular formula is C15H25N3O2. The Morgan fingerprint density at radius 1 is 1.45 bits per heavy atom. The van der Waals surface area contributed by atoms with Crippen molar-refractivity contribution in [2.75, 3.05) is 27.2 Å². The summed E-state index contributed by atoms with van der Waals surface area (Å²) in [5.41, 5.74) is 0. The van der Waals surface area contributed by atoms with Crippen LogP contribution >= 0.6 is 0 Å². The maximum atomic E-state index is 11.9. The highest BCUT2D eigenvalue weighted by Crippen LogP contribution is 2.18. The summed E-state index contributed by atoms with van der Waals surface area (Å²) in [7, 11) is 3.96. The van der Waals surface area contributed by atoms with Crippen molar-refractivity contribution in [3.63, 3.8) is 0 Å². The van der Waals surface area contributed by atoms with Gasteiger partial charge in [-0.1, -0.05) is 12.8 Å². The molecule has 1 atom stereocenters. The van der Waals surface area contributed by atoms with Gasteiger partial charge in [0.25, 0.3) is 0 Å². The lowest BCUT2D eigenvalue weighted by Gasteiger charge is -2.22. The third-order valence-electron chi connectivity index (χ3n) is 3.89. The number of nitrogens with zero attached hydrogens (tertiary/aromatic N) is 1. The average molecular weight is 279 g/mol. The molecule has 2 rings (SSSR count). The highest BCUT2D eigenvalue weighted by molar-refractivity contribution is 5.78. The molecule has 2 N–H and O–H groups in total. The third-order valence-corrected chi connectivity index (χ3v) is 3.89. The molecule has 0 saturated heterocycles. The van der Waals surface area contributed by atoms with Crippen molar-refractivity contribution in [1.82, 2.24) is 15.5 Å². The van der Waals surface area contributed by atoms with E-state index in [2.05, 4.69) is 10.6 Å². The molecule has 0 spiro atoms. The van der Waals surface area contributed by atoms with E-state index in [0.717, 1.165) is 5.76 Å². The SMILES string of the molecule is CN(C)C(CNC(=O)CNC1CCCC1)c1ccco1. The Morgan fingerprint density at radius 3 is 2.80 bits per heavy atom. The van der Waals surface area contributed by atoms with E-state index in [4.69, 9.17) is 4.42 Å². The lowest BCUT2D eigenvalue weighted by Crippen LogP contribution is -2.41. The van der Waals surface area contributed by atoms with E-state index in [1.54, 1.807) is 6.26 Å². The Kier molecular flexibility index (Phi) is 5.61. The molecule has 0 bridgehead atoms. The predicted molar refractivity (Wildman–Crippen MR) is 78.4 cm³/mol. The molecule has 1 aromatic heterocycles. The molecule has 5 nitrogen and oxygen atoms in total. The van der Waals surface area contributed by atoms with Crippen molar-refractivity contribution in [3.05, 3.63) is 24.2 Å². The smallest absolute Gasteiger partial charge is 0.234 e. The van der Waals surface area contributed by atoms with Gasteiger partial charge in [0, 0.05) is 12.6 Å². The normalized spacial score (nSPS) is 17.6. The van der Waals surface area contributed by atoms with Crippen molar-refractivity contribution in [2.24, 2.45) is 0 Å². The first-order chi connectivity index (χ1) is 9.66. The van der Waals surface area contributed by atoms with Crippen molar-refractivity contribution in [2.45, 2.75) is 37.8 Å². The summed E-state index contributed by atoms with van der Waals surface area (Å²) in [5, 5.41) is 6.29. The fourth-order valence-electron chi connectivity index (χ4n) is 2.66.